The zero-order chi connectivity index (χ0) is 18.5. The van der Waals surface area contributed by atoms with Crippen molar-refractivity contribution in [3.05, 3.63) is 42.0 Å². The first-order valence-electron chi connectivity index (χ1n) is 9.84. The normalized spacial score (nSPS) is 20.8. The average molecular weight is 354 g/mol. The molecule has 1 atom stereocenters. The van der Waals surface area contributed by atoms with E-state index in [1.54, 1.807) is 0 Å². The first-order chi connectivity index (χ1) is 12.5. The van der Waals surface area contributed by atoms with E-state index in [-0.39, 0.29) is 17.7 Å². The molecule has 4 heteroatoms. The van der Waals surface area contributed by atoms with Gasteiger partial charge in [-0.25, -0.2) is 0 Å². The van der Waals surface area contributed by atoms with Gasteiger partial charge in [0.1, 0.15) is 0 Å². The highest BCUT2D eigenvalue weighted by Crippen LogP contribution is 2.32. The third-order valence-corrected chi connectivity index (χ3v) is 5.11. The smallest absolute Gasteiger partial charge is 0.227 e. The standard InChI is InChI=1S/C22H30N2O2/c1-17(2)15-23(14-6-9-18-7-4-3-5-8-18)22(26)19-10-13-21(25)24(16-19)20-11-12-20/h3-9,17,19-20H,10-16H2,1-2H3/b9-6+/t19-/m0/s1. The number of carbonyl (C=O) groups is 2. The first-order valence-corrected chi connectivity index (χ1v) is 9.84. The molecular formula is C22H30N2O2. The van der Waals surface area contributed by atoms with E-state index in [1.807, 2.05) is 28.0 Å². The fourth-order valence-electron chi connectivity index (χ4n) is 3.65. The molecule has 1 aliphatic carbocycles. The van der Waals surface area contributed by atoms with E-state index in [4.69, 9.17) is 0 Å². The van der Waals surface area contributed by atoms with Gasteiger partial charge in [0.15, 0.2) is 0 Å². The molecule has 1 saturated carbocycles. The average Bonchev–Trinajstić information content (AvgIpc) is 3.46. The lowest BCUT2D eigenvalue weighted by Crippen LogP contribution is -2.48. The number of carbonyl (C=O) groups excluding carboxylic acids is 2. The minimum atomic E-state index is -0.0443. The van der Waals surface area contributed by atoms with Gasteiger partial charge in [-0.05, 0) is 30.7 Å². The van der Waals surface area contributed by atoms with E-state index in [9.17, 15) is 9.59 Å². The Morgan fingerprint density at radius 2 is 1.96 bits per heavy atom. The molecule has 0 bridgehead atoms. The summed E-state index contributed by atoms with van der Waals surface area (Å²) in [7, 11) is 0. The Bertz CT molecular complexity index is 649. The van der Waals surface area contributed by atoms with Gasteiger partial charge in [0.05, 0.1) is 5.92 Å². The Morgan fingerprint density at radius 1 is 1.23 bits per heavy atom. The van der Waals surface area contributed by atoms with Crippen LogP contribution in [0.3, 0.4) is 0 Å². The Labute approximate surface area is 156 Å². The predicted octanol–water partition coefficient (Wildman–Crippen LogP) is 3.59. The number of hydrogen-bond donors (Lipinski definition) is 0. The van der Waals surface area contributed by atoms with E-state index < -0.39 is 0 Å². The molecule has 0 aromatic heterocycles. The summed E-state index contributed by atoms with van der Waals surface area (Å²) in [5.74, 6) is 0.816. The summed E-state index contributed by atoms with van der Waals surface area (Å²) < 4.78 is 0. The fraction of sp³-hybridized carbons (Fsp3) is 0.545. The van der Waals surface area contributed by atoms with Crippen LogP contribution in [0.2, 0.25) is 0 Å². The van der Waals surface area contributed by atoms with Crippen LogP contribution in [-0.2, 0) is 9.59 Å². The maximum atomic E-state index is 13.1. The van der Waals surface area contributed by atoms with Crippen molar-refractivity contribution in [1.82, 2.24) is 9.80 Å². The topological polar surface area (TPSA) is 40.6 Å². The second-order valence-electron chi connectivity index (χ2n) is 7.96. The molecule has 1 aliphatic heterocycles. The second-order valence-corrected chi connectivity index (χ2v) is 7.96. The molecule has 2 amide bonds. The number of benzene rings is 1. The fourth-order valence-corrected chi connectivity index (χ4v) is 3.65. The van der Waals surface area contributed by atoms with Crippen LogP contribution in [-0.4, -0.2) is 47.3 Å². The maximum absolute atomic E-state index is 13.1. The number of piperidine rings is 1. The van der Waals surface area contributed by atoms with Crippen molar-refractivity contribution >= 4 is 17.9 Å². The van der Waals surface area contributed by atoms with E-state index in [1.165, 1.54) is 0 Å². The molecule has 1 aromatic rings. The summed E-state index contributed by atoms with van der Waals surface area (Å²) in [5, 5.41) is 0. The lowest BCUT2D eigenvalue weighted by atomic mass is 9.95. The predicted molar refractivity (Wildman–Crippen MR) is 104 cm³/mol. The second kappa shape index (κ2) is 8.52. The molecule has 4 nitrogen and oxygen atoms in total. The monoisotopic (exact) mass is 354 g/mol. The van der Waals surface area contributed by atoms with Crippen LogP contribution in [0.1, 0.15) is 45.1 Å². The van der Waals surface area contributed by atoms with Gasteiger partial charge in [-0.2, -0.15) is 0 Å². The summed E-state index contributed by atoms with van der Waals surface area (Å²) in [5.41, 5.74) is 1.15. The van der Waals surface area contributed by atoms with Gasteiger partial charge < -0.3 is 9.80 Å². The van der Waals surface area contributed by atoms with Crippen LogP contribution < -0.4 is 0 Å². The lowest BCUT2D eigenvalue weighted by molar-refractivity contribution is -0.143. The highest BCUT2D eigenvalue weighted by molar-refractivity contribution is 5.84. The molecular weight excluding hydrogens is 324 g/mol. The Morgan fingerprint density at radius 3 is 2.62 bits per heavy atom. The van der Waals surface area contributed by atoms with Crippen LogP contribution in [0.4, 0.5) is 0 Å². The summed E-state index contributed by atoms with van der Waals surface area (Å²) in [4.78, 5) is 29.2. The molecule has 1 aromatic carbocycles. The van der Waals surface area contributed by atoms with E-state index >= 15 is 0 Å². The van der Waals surface area contributed by atoms with Gasteiger partial charge in [-0.3, -0.25) is 9.59 Å². The molecule has 1 saturated heterocycles. The molecule has 0 N–H and O–H groups in total. The zero-order valence-electron chi connectivity index (χ0n) is 15.9. The summed E-state index contributed by atoms with van der Waals surface area (Å²) in [6, 6.07) is 10.6. The van der Waals surface area contributed by atoms with Crippen LogP contribution in [0, 0.1) is 11.8 Å². The Kier molecular flexibility index (Phi) is 6.12. The van der Waals surface area contributed by atoms with Crippen molar-refractivity contribution in [2.24, 2.45) is 11.8 Å². The van der Waals surface area contributed by atoms with Gasteiger partial charge >= 0.3 is 0 Å². The zero-order valence-corrected chi connectivity index (χ0v) is 15.9. The van der Waals surface area contributed by atoms with E-state index in [0.717, 1.165) is 24.9 Å². The maximum Gasteiger partial charge on any atom is 0.227 e. The molecule has 0 unspecified atom stereocenters. The van der Waals surface area contributed by atoms with Gasteiger partial charge in [0.25, 0.3) is 0 Å². The van der Waals surface area contributed by atoms with Crippen LogP contribution in [0.5, 0.6) is 0 Å². The van der Waals surface area contributed by atoms with Gasteiger partial charge in [-0.15, -0.1) is 0 Å². The SMILES string of the molecule is CC(C)CN(C/C=C/c1ccccc1)C(=O)[C@H]1CCC(=O)N(C2CC2)C1. The van der Waals surface area contributed by atoms with Crippen molar-refractivity contribution in [2.45, 2.75) is 45.6 Å². The molecule has 1 heterocycles. The van der Waals surface area contributed by atoms with E-state index in [0.29, 0.717) is 37.9 Å². The first kappa shape index (κ1) is 18.7. The molecule has 3 rings (SSSR count). The van der Waals surface area contributed by atoms with Crippen molar-refractivity contribution in [3.8, 4) is 0 Å². The van der Waals surface area contributed by atoms with Crippen molar-refractivity contribution in [1.29, 1.82) is 0 Å². The molecule has 26 heavy (non-hydrogen) atoms. The molecule has 0 spiro atoms. The number of nitrogens with zero attached hydrogens (tertiary/aromatic N) is 2. The van der Waals surface area contributed by atoms with Crippen LogP contribution in [0.25, 0.3) is 6.08 Å². The quantitative estimate of drug-likeness (QED) is 0.751. The van der Waals surface area contributed by atoms with Crippen LogP contribution in [0.15, 0.2) is 36.4 Å². The van der Waals surface area contributed by atoms with Gasteiger partial charge in [0.2, 0.25) is 11.8 Å². The van der Waals surface area contributed by atoms with E-state index in [2.05, 4.69) is 38.1 Å². The number of likely N-dealkylation sites (tertiary alicyclic amines) is 1. The Hall–Kier alpha value is -2.10. The number of amides is 2. The minimum absolute atomic E-state index is 0.0443. The largest absolute Gasteiger partial charge is 0.339 e. The number of hydrogen-bond acceptors (Lipinski definition) is 2. The molecule has 140 valence electrons. The molecule has 2 fully saturated rings. The summed E-state index contributed by atoms with van der Waals surface area (Å²) in [6.45, 7) is 6.27. The van der Waals surface area contributed by atoms with Crippen molar-refractivity contribution in [3.63, 3.8) is 0 Å². The molecule has 2 aliphatic rings. The molecule has 0 radical (unpaired) electrons. The van der Waals surface area contributed by atoms with Gasteiger partial charge in [0, 0.05) is 32.1 Å². The third kappa shape index (κ3) is 4.96. The summed E-state index contributed by atoms with van der Waals surface area (Å²) >= 11 is 0. The summed E-state index contributed by atoms with van der Waals surface area (Å²) in [6.07, 6.45) is 7.55. The number of rotatable bonds is 7. The third-order valence-electron chi connectivity index (χ3n) is 5.11. The van der Waals surface area contributed by atoms with Crippen molar-refractivity contribution < 1.29 is 9.59 Å². The van der Waals surface area contributed by atoms with Crippen molar-refractivity contribution in [2.75, 3.05) is 19.6 Å². The highest BCUT2D eigenvalue weighted by atomic mass is 16.2. The van der Waals surface area contributed by atoms with Gasteiger partial charge in [-0.1, -0.05) is 56.3 Å². The lowest BCUT2D eigenvalue weighted by Gasteiger charge is -2.35. The Balaban J connectivity index is 1.63. The van der Waals surface area contributed by atoms with Crippen LogP contribution >= 0.6 is 0 Å². The minimum Gasteiger partial charge on any atom is -0.339 e. The highest BCUT2D eigenvalue weighted by Gasteiger charge is 2.39.